The summed E-state index contributed by atoms with van der Waals surface area (Å²) in [5.74, 6) is 1.20. The second-order valence-electron chi connectivity index (χ2n) is 4.50. The zero-order valence-electron chi connectivity index (χ0n) is 11.6. The minimum absolute atomic E-state index is 0.0207. The fourth-order valence-electron chi connectivity index (χ4n) is 1.97. The molecule has 6 nitrogen and oxygen atoms in total. The molecule has 6 heteroatoms. The third-order valence-corrected chi connectivity index (χ3v) is 3.13. The lowest BCUT2D eigenvalue weighted by Crippen LogP contribution is -1.87. The van der Waals surface area contributed by atoms with Gasteiger partial charge in [-0.3, -0.25) is 4.98 Å². The van der Waals surface area contributed by atoms with Crippen LogP contribution in [0.5, 0.6) is 11.5 Å². The van der Waals surface area contributed by atoms with Crippen LogP contribution in [0.25, 0.3) is 22.8 Å². The lowest BCUT2D eigenvalue weighted by Gasteiger charge is -2.03. The van der Waals surface area contributed by atoms with Crippen molar-refractivity contribution >= 4 is 0 Å². The molecule has 3 aromatic rings. The van der Waals surface area contributed by atoms with Crippen LogP contribution in [0.1, 0.15) is 5.56 Å². The summed E-state index contributed by atoms with van der Waals surface area (Å²) in [4.78, 5) is 8.40. The van der Waals surface area contributed by atoms with Crippen LogP contribution in [0.2, 0.25) is 0 Å². The molecule has 2 aromatic heterocycles. The Labute approximate surface area is 121 Å². The standard InChI is InChI=1S/C15H13N3O3/c1-9-5-6-16-8-11(9)14-17-15(21-18-14)10-3-4-13(20-2)12(19)7-10/h3-8,19H,1-2H3. The maximum atomic E-state index is 9.80. The number of hydrogen-bond acceptors (Lipinski definition) is 6. The van der Waals surface area contributed by atoms with Gasteiger partial charge in [0.15, 0.2) is 11.5 Å². The van der Waals surface area contributed by atoms with Crippen molar-refractivity contribution in [3.8, 4) is 34.3 Å². The van der Waals surface area contributed by atoms with Gasteiger partial charge in [-0.1, -0.05) is 5.16 Å². The topological polar surface area (TPSA) is 81.3 Å². The lowest BCUT2D eigenvalue weighted by molar-refractivity contribution is 0.373. The van der Waals surface area contributed by atoms with Gasteiger partial charge in [-0.2, -0.15) is 4.98 Å². The first-order valence-corrected chi connectivity index (χ1v) is 6.31. The first-order chi connectivity index (χ1) is 10.2. The van der Waals surface area contributed by atoms with E-state index in [1.165, 1.54) is 13.2 Å². The number of aromatic nitrogens is 3. The number of nitrogens with zero attached hydrogens (tertiary/aromatic N) is 3. The lowest BCUT2D eigenvalue weighted by atomic mass is 10.1. The monoisotopic (exact) mass is 283 g/mol. The highest BCUT2D eigenvalue weighted by Gasteiger charge is 2.14. The van der Waals surface area contributed by atoms with Gasteiger partial charge in [0.05, 0.1) is 7.11 Å². The van der Waals surface area contributed by atoms with Gasteiger partial charge in [-0.05, 0) is 36.8 Å². The van der Waals surface area contributed by atoms with E-state index >= 15 is 0 Å². The van der Waals surface area contributed by atoms with Crippen molar-refractivity contribution in [1.29, 1.82) is 0 Å². The normalized spacial score (nSPS) is 10.6. The van der Waals surface area contributed by atoms with Gasteiger partial charge in [-0.15, -0.1) is 0 Å². The Morgan fingerprint density at radius 3 is 2.81 bits per heavy atom. The molecule has 0 aliphatic rings. The predicted octanol–water partition coefficient (Wildman–Crippen LogP) is 2.82. The molecular formula is C15H13N3O3. The van der Waals surface area contributed by atoms with Gasteiger partial charge in [0, 0.05) is 23.5 Å². The maximum absolute atomic E-state index is 9.80. The smallest absolute Gasteiger partial charge is 0.258 e. The summed E-state index contributed by atoms with van der Waals surface area (Å²) < 4.78 is 10.2. The van der Waals surface area contributed by atoms with Crippen molar-refractivity contribution in [1.82, 2.24) is 15.1 Å². The molecule has 1 N–H and O–H groups in total. The van der Waals surface area contributed by atoms with E-state index in [-0.39, 0.29) is 5.75 Å². The van der Waals surface area contributed by atoms with E-state index < -0.39 is 0 Å². The van der Waals surface area contributed by atoms with Crippen molar-refractivity contribution in [2.75, 3.05) is 7.11 Å². The van der Waals surface area contributed by atoms with Crippen LogP contribution < -0.4 is 4.74 Å². The van der Waals surface area contributed by atoms with Crippen molar-refractivity contribution in [3.63, 3.8) is 0 Å². The first kappa shape index (κ1) is 13.1. The Hall–Kier alpha value is -2.89. The SMILES string of the molecule is COc1ccc(-c2nc(-c3cnccc3C)no2)cc1O. The largest absolute Gasteiger partial charge is 0.504 e. The highest BCUT2D eigenvalue weighted by Crippen LogP contribution is 2.31. The fourth-order valence-corrected chi connectivity index (χ4v) is 1.97. The van der Waals surface area contributed by atoms with E-state index in [1.807, 2.05) is 13.0 Å². The zero-order valence-corrected chi connectivity index (χ0v) is 11.6. The summed E-state index contributed by atoms with van der Waals surface area (Å²) >= 11 is 0. The first-order valence-electron chi connectivity index (χ1n) is 6.31. The number of rotatable bonds is 3. The number of phenols is 1. The molecule has 0 amide bonds. The average molecular weight is 283 g/mol. The van der Waals surface area contributed by atoms with Crippen LogP contribution in [0.4, 0.5) is 0 Å². The molecule has 3 rings (SSSR count). The van der Waals surface area contributed by atoms with Crippen molar-refractivity contribution in [2.24, 2.45) is 0 Å². The Morgan fingerprint density at radius 1 is 1.24 bits per heavy atom. The van der Waals surface area contributed by atoms with Gasteiger partial charge in [-0.25, -0.2) is 0 Å². The number of aryl methyl sites for hydroxylation is 1. The predicted molar refractivity (Wildman–Crippen MR) is 75.9 cm³/mol. The van der Waals surface area contributed by atoms with E-state index in [9.17, 15) is 5.11 Å². The molecule has 2 heterocycles. The Kier molecular flexibility index (Phi) is 3.27. The van der Waals surface area contributed by atoms with Crippen molar-refractivity contribution in [2.45, 2.75) is 6.92 Å². The van der Waals surface area contributed by atoms with Gasteiger partial charge in [0.1, 0.15) is 0 Å². The zero-order chi connectivity index (χ0) is 14.8. The Morgan fingerprint density at radius 2 is 2.10 bits per heavy atom. The molecule has 0 unspecified atom stereocenters. The highest BCUT2D eigenvalue weighted by atomic mass is 16.5. The average Bonchev–Trinajstić information content (AvgIpc) is 2.97. The minimum Gasteiger partial charge on any atom is -0.504 e. The maximum Gasteiger partial charge on any atom is 0.258 e. The number of phenolic OH excluding ortho intramolecular Hbond substituents is 1. The van der Waals surface area contributed by atoms with Gasteiger partial charge in [0.25, 0.3) is 5.89 Å². The number of aromatic hydroxyl groups is 1. The van der Waals surface area contributed by atoms with Crippen LogP contribution in [0.3, 0.4) is 0 Å². The van der Waals surface area contributed by atoms with Crippen LogP contribution in [0.15, 0.2) is 41.2 Å². The van der Waals surface area contributed by atoms with E-state index in [1.54, 1.807) is 24.5 Å². The number of methoxy groups -OCH3 is 1. The molecule has 0 fully saturated rings. The van der Waals surface area contributed by atoms with Crippen LogP contribution in [-0.2, 0) is 0 Å². The molecule has 21 heavy (non-hydrogen) atoms. The molecule has 106 valence electrons. The molecule has 0 bridgehead atoms. The third-order valence-electron chi connectivity index (χ3n) is 3.13. The number of benzene rings is 1. The number of pyridine rings is 1. The molecule has 1 aromatic carbocycles. The van der Waals surface area contributed by atoms with Crippen molar-refractivity contribution in [3.05, 3.63) is 42.2 Å². The van der Waals surface area contributed by atoms with E-state index in [0.29, 0.717) is 23.0 Å². The third kappa shape index (κ3) is 2.43. The molecule has 0 aliphatic heterocycles. The fraction of sp³-hybridized carbons (Fsp3) is 0.133. The van der Waals surface area contributed by atoms with Gasteiger partial charge in [0.2, 0.25) is 5.82 Å². The van der Waals surface area contributed by atoms with Gasteiger partial charge >= 0.3 is 0 Å². The molecule has 0 spiro atoms. The molecule has 0 saturated carbocycles. The summed E-state index contributed by atoms with van der Waals surface area (Å²) in [5.41, 5.74) is 2.44. The summed E-state index contributed by atoms with van der Waals surface area (Å²) in [5, 5.41) is 13.8. The summed E-state index contributed by atoms with van der Waals surface area (Å²) in [6.45, 7) is 1.95. The minimum atomic E-state index is 0.0207. The Balaban J connectivity index is 1.99. The number of hydrogen-bond donors (Lipinski definition) is 1. The second kappa shape index (κ2) is 5.24. The van der Waals surface area contributed by atoms with Crippen LogP contribution in [0, 0.1) is 6.92 Å². The second-order valence-corrected chi connectivity index (χ2v) is 4.50. The molecule has 0 atom stereocenters. The van der Waals surface area contributed by atoms with E-state index in [4.69, 9.17) is 9.26 Å². The summed E-state index contributed by atoms with van der Waals surface area (Å²) in [7, 11) is 1.49. The van der Waals surface area contributed by atoms with E-state index in [2.05, 4.69) is 15.1 Å². The van der Waals surface area contributed by atoms with Gasteiger partial charge < -0.3 is 14.4 Å². The molecular weight excluding hydrogens is 270 g/mol. The summed E-state index contributed by atoms with van der Waals surface area (Å²) in [6, 6.07) is 6.78. The van der Waals surface area contributed by atoms with Crippen LogP contribution in [-0.4, -0.2) is 27.3 Å². The molecule has 0 aliphatic carbocycles. The van der Waals surface area contributed by atoms with E-state index in [0.717, 1.165) is 11.1 Å². The number of ether oxygens (including phenoxy) is 1. The quantitative estimate of drug-likeness (QED) is 0.796. The van der Waals surface area contributed by atoms with Crippen LogP contribution >= 0.6 is 0 Å². The Bertz CT molecular complexity index is 783. The summed E-state index contributed by atoms with van der Waals surface area (Å²) in [6.07, 6.45) is 3.40. The molecule has 0 radical (unpaired) electrons. The van der Waals surface area contributed by atoms with Crippen molar-refractivity contribution < 1.29 is 14.4 Å². The highest BCUT2D eigenvalue weighted by molar-refractivity contribution is 5.63. The molecule has 0 saturated heterocycles.